The van der Waals surface area contributed by atoms with Gasteiger partial charge in [0.15, 0.2) is 0 Å². The monoisotopic (exact) mass is 949 g/mol. The summed E-state index contributed by atoms with van der Waals surface area (Å²) in [5.41, 5.74) is 21.1. The fourth-order valence-corrected chi connectivity index (χ4v) is 6.33. The molecule has 0 heterocycles. The number of aliphatic hydroxyl groups is 1. The van der Waals surface area contributed by atoms with E-state index in [1.807, 2.05) is 66.7 Å². The molecule has 3 aromatic carbocycles. The van der Waals surface area contributed by atoms with Gasteiger partial charge in [-0.25, -0.2) is 0 Å². The van der Waals surface area contributed by atoms with Gasteiger partial charge in [-0.15, -0.1) is 0 Å². The normalized spacial score (nSPS) is 11.9. The third-order valence-corrected chi connectivity index (χ3v) is 9.94. The third kappa shape index (κ3) is 35.1. The van der Waals surface area contributed by atoms with Crippen LogP contribution in [-0.4, -0.2) is 48.8 Å². The first-order chi connectivity index (χ1) is 25.5. The summed E-state index contributed by atoms with van der Waals surface area (Å²) in [5.74, 6) is 0. The molecule has 318 valence electrons. The van der Waals surface area contributed by atoms with Gasteiger partial charge in [0, 0.05) is 23.9 Å². The van der Waals surface area contributed by atoms with Crippen molar-refractivity contribution in [1.29, 1.82) is 0 Å². The first-order valence-corrected chi connectivity index (χ1v) is 22.1. The fraction of sp³-hybridized carbons (Fsp3) is 0.591. The molecule has 55 heavy (non-hydrogen) atoms. The number of benzene rings is 3. The second kappa shape index (κ2) is 44.5. The van der Waals surface area contributed by atoms with Crippen molar-refractivity contribution in [2.45, 2.75) is 121 Å². The van der Waals surface area contributed by atoms with Crippen molar-refractivity contribution < 1.29 is 14.6 Å². The average molecular weight is 952 g/mol. The summed E-state index contributed by atoms with van der Waals surface area (Å²) in [7, 11) is 0. The van der Waals surface area contributed by atoms with Crippen molar-refractivity contribution >= 4 is 72.3 Å². The van der Waals surface area contributed by atoms with Gasteiger partial charge in [0.05, 0.1) is 37.9 Å². The molecule has 3 aromatic rings. The zero-order valence-corrected chi connectivity index (χ0v) is 39.6. The number of unbranched alkanes of at least 4 members (excludes halogenated alkanes) is 14. The molecule has 11 heteroatoms. The summed E-state index contributed by atoms with van der Waals surface area (Å²) in [5, 5.41) is 11.0. The highest BCUT2D eigenvalue weighted by atomic mass is 79.9. The molecular formula is C44H77Br2N3O3S3. The molecule has 3 rings (SSSR count). The van der Waals surface area contributed by atoms with Crippen LogP contribution in [0.3, 0.4) is 0 Å². The minimum Gasteiger partial charge on any atom is -0.394 e. The van der Waals surface area contributed by atoms with E-state index >= 15 is 0 Å². The topological polar surface area (TPSA) is 117 Å². The van der Waals surface area contributed by atoms with Crippen molar-refractivity contribution in [3.8, 4) is 0 Å². The van der Waals surface area contributed by atoms with E-state index in [0.29, 0.717) is 13.2 Å². The molecule has 0 saturated carbocycles. The zero-order valence-electron chi connectivity index (χ0n) is 33.4. The molecule has 0 aliphatic rings. The SMILES string of the molecule is BrCCCCCCCCCCBr.N[C@H](CO)c1ccccc1.N[C@H](COCCCCCCCCCCOC[C@@H](N)c1ccccc1)c1ccccc1.S.S.S. The predicted octanol–water partition coefficient (Wildman–Crippen LogP) is 11.5. The third-order valence-electron chi connectivity index (χ3n) is 8.82. The van der Waals surface area contributed by atoms with Crippen LogP contribution in [0, 0.1) is 0 Å². The van der Waals surface area contributed by atoms with Gasteiger partial charge in [0.2, 0.25) is 0 Å². The fourth-order valence-electron chi connectivity index (χ4n) is 5.54. The Balaban J connectivity index is -0.000000893. The van der Waals surface area contributed by atoms with Crippen molar-refractivity contribution in [1.82, 2.24) is 0 Å². The van der Waals surface area contributed by atoms with Gasteiger partial charge in [-0.3, -0.25) is 0 Å². The number of halogens is 2. The predicted molar refractivity (Wildman–Crippen MR) is 261 cm³/mol. The lowest BCUT2D eigenvalue weighted by Gasteiger charge is -2.12. The van der Waals surface area contributed by atoms with Gasteiger partial charge in [-0.05, 0) is 42.4 Å². The highest BCUT2D eigenvalue weighted by Crippen LogP contribution is 2.14. The molecule has 6 nitrogen and oxygen atoms in total. The summed E-state index contributed by atoms with van der Waals surface area (Å²) in [6.45, 7) is 2.82. The van der Waals surface area contributed by atoms with Gasteiger partial charge >= 0.3 is 0 Å². The van der Waals surface area contributed by atoms with E-state index in [9.17, 15) is 0 Å². The average Bonchev–Trinajstić information content (AvgIpc) is 3.20. The van der Waals surface area contributed by atoms with Crippen molar-refractivity contribution in [2.24, 2.45) is 17.2 Å². The maximum Gasteiger partial charge on any atom is 0.0659 e. The Morgan fingerprint density at radius 1 is 0.400 bits per heavy atom. The first kappa shape index (κ1) is 58.7. The molecule has 0 aliphatic heterocycles. The summed E-state index contributed by atoms with van der Waals surface area (Å²) in [4.78, 5) is 0. The quantitative estimate of drug-likeness (QED) is 0.0426. The van der Waals surface area contributed by atoms with E-state index in [2.05, 4.69) is 56.1 Å². The number of rotatable bonds is 28. The lowest BCUT2D eigenvalue weighted by Crippen LogP contribution is -2.17. The van der Waals surface area contributed by atoms with Crippen LogP contribution in [-0.2, 0) is 9.47 Å². The number of ether oxygens (including phenoxy) is 2. The largest absolute Gasteiger partial charge is 0.394 e. The Bertz CT molecular complexity index is 1080. The van der Waals surface area contributed by atoms with Gasteiger partial charge in [-0.1, -0.05) is 200 Å². The Morgan fingerprint density at radius 3 is 0.927 bits per heavy atom. The highest BCUT2D eigenvalue weighted by molar-refractivity contribution is 9.09. The minimum atomic E-state index is -0.235. The Morgan fingerprint density at radius 2 is 0.655 bits per heavy atom. The van der Waals surface area contributed by atoms with E-state index in [0.717, 1.165) is 42.7 Å². The number of aliphatic hydroxyl groups excluding tert-OH is 1. The van der Waals surface area contributed by atoms with Crippen molar-refractivity contribution in [2.75, 3.05) is 43.7 Å². The molecule has 0 unspecified atom stereocenters. The number of hydrogen-bond donors (Lipinski definition) is 4. The lowest BCUT2D eigenvalue weighted by molar-refractivity contribution is 0.116. The van der Waals surface area contributed by atoms with Gasteiger partial charge in [0.25, 0.3) is 0 Å². The Labute approximate surface area is 373 Å². The summed E-state index contributed by atoms with van der Waals surface area (Å²) >= 11 is 6.90. The van der Waals surface area contributed by atoms with E-state index in [-0.39, 0.29) is 65.2 Å². The molecule has 3 atom stereocenters. The molecule has 0 saturated heterocycles. The number of alkyl halides is 2. The maximum atomic E-state index is 8.66. The highest BCUT2D eigenvalue weighted by Gasteiger charge is 2.06. The first-order valence-electron chi connectivity index (χ1n) is 19.8. The summed E-state index contributed by atoms with van der Waals surface area (Å²) < 4.78 is 11.5. The summed E-state index contributed by atoms with van der Waals surface area (Å²) in [6.07, 6.45) is 21.2. The van der Waals surface area contributed by atoms with Crippen LogP contribution in [0.4, 0.5) is 0 Å². The van der Waals surface area contributed by atoms with Crippen LogP contribution in [0.2, 0.25) is 0 Å². The van der Waals surface area contributed by atoms with Crippen LogP contribution >= 0.6 is 72.3 Å². The molecule has 7 N–H and O–H groups in total. The zero-order chi connectivity index (χ0) is 37.7. The molecule has 0 aromatic heterocycles. The molecule has 0 amide bonds. The lowest BCUT2D eigenvalue weighted by atomic mass is 10.1. The smallest absolute Gasteiger partial charge is 0.0659 e. The minimum absolute atomic E-state index is 0. The Kier molecular flexibility index (Phi) is 47.6. The maximum absolute atomic E-state index is 8.66. The van der Waals surface area contributed by atoms with E-state index in [4.69, 9.17) is 31.8 Å². The van der Waals surface area contributed by atoms with Crippen LogP contribution in [0.25, 0.3) is 0 Å². The Hall–Kier alpha value is -0.570. The van der Waals surface area contributed by atoms with Crippen molar-refractivity contribution in [3.05, 3.63) is 108 Å². The van der Waals surface area contributed by atoms with Crippen LogP contribution in [0.5, 0.6) is 0 Å². The molecule has 0 spiro atoms. The molecule has 0 bridgehead atoms. The van der Waals surface area contributed by atoms with Gasteiger partial charge in [-0.2, -0.15) is 40.5 Å². The molecular weight excluding hydrogens is 875 g/mol. The number of hydrogen-bond acceptors (Lipinski definition) is 6. The van der Waals surface area contributed by atoms with E-state index < -0.39 is 0 Å². The van der Waals surface area contributed by atoms with Crippen LogP contribution < -0.4 is 17.2 Å². The number of nitrogens with two attached hydrogens (primary N) is 3. The van der Waals surface area contributed by atoms with E-state index in [1.165, 1.54) is 101 Å². The standard InChI is InChI=1S/C26H40N2O2.C10H20Br2.C8H11NO.3H2S/c27-25(23-15-9-7-10-16-23)21-29-19-13-5-3-1-2-4-6-14-20-30-22-26(28)24-17-11-8-12-18-24;11-9-7-5-3-1-2-4-6-8-10-12;9-8(6-10)7-4-2-1-3-5-7;;;/h7-12,15-18,25-26H,1-6,13-14,19-22,27-28H2;1-10H2;1-5,8,10H,6,9H2;3*1H2/t25-,26-;;8-;;;/m1.1.../s1. The second-order valence-electron chi connectivity index (χ2n) is 13.4. The van der Waals surface area contributed by atoms with Crippen LogP contribution in [0.1, 0.15) is 138 Å². The van der Waals surface area contributed by atoms with Crippen LogP contribution in [0.15, 0.2) is 91.0 Å². The second-order valence-corrected chi connectivity index (χ2v) is 15.0. The van der Waals surface area contributed by atoms with Crippen molar-refractivity contribution in [3.63, 3.8) is 0 Å². The molecule has 0 fully saturated rings. The summed E-state index contributed by atoms with van der Waals surface area (Å²) in [6, 6.07) is 29.6. The molecule has 0 radical (unpaired) electrons. The van der Waals surface area contributed by atoms with Gasteiger partial charge < -0.3 is 31.8 Å². The molecule has 0 aliphatic carbocycles. The van der Waals surface area contributed by atoms with Gasteiger partial charge in [0.1, 0.15) is 0 Å². The van der Waals surface area contributed by atoms with E-state index in [1.54, 1.807) is 0 Å².